The van der Waals surface area contributed by atoms with Gasteiger partial charge in [-0.2, -0.15) is 0 Å². The Morgan fingerprint density at radius 2 is 1.25 bits per heavy atom. The van der Waals surface area contributed by atoms with Crippen LogP contribution in [0.4, 0.5) is 8.78 Å². The molecule has 0 nitrogen and oxygen atoms in total. The van der Waals surface area contributed by atoms with Gasteiger partial charge in [-0.25, -0.2) is 8.78 Å². The molecule has 0 N–H and O–H groups in total. The van der Waals surface area contributed by atoms with Gasteiger partial charge in [-0.3, -0.25) is 0 Å². The van der Waals surface area contributed by atoms with Gasteiger partial charge in [0.2, 0.25) is 0 Å². The maximum Gasteiger partial charge on any atom is 0.123 e. The summed E-state index contributed by atoms with van der Waals surface area (Å²) in [6.45, 7) is 7.68. The van der Waals surface area contributed by atoms with E-state index in [9.17, 15) is 8.78 Å². The lowest BCUT2D eigenvalue weighted by molar-refractivity contribution is 0.376. The third kappa shape index (κ3) is 5.45. The number of rotatable bonds is 3. The summed E-state index contributed by atoms with van der Waals surface area (Å²) in [4.78, 5) is 0. The summed E-state index contributed by atoms with van der Waals surface area (Å²) in [5.41, 5.74) is 2.71. The average molecular weight is 326 g/mol. The highest BCUT2D eigenvalue weighted by Gasteiger charge is 2.20. The first-order valence-electron chi connectivity index (χ1n) is 8.38. The lowest BCUT2D eigenvalue weighted by Gasteiger charge is -2.26. The van der Waals surface area contributed by atoms with Crippen LogP contribution >= 0.6 is 0 Å². The van der Waals surface area contributed by atoms with E-state index in [1.807, 2.05) is 6.08 Å². The Labute approximate surface area is 143 Å². The van der Waals surface area contributed by atoms with Crippen LogP contribution in [-0.2, 0) is 0 Å². The molecule has 0 spiro atoms. The second-order valence-electron chi connectivity index (χ2n) is 6.15. The molecule has 1 saturated carbocycles. The Balaban J connectivity index is 0.000000219. The molecule has 3 rings (SSSR count). The van der Waals surface area contributed by atoms with Crippen molar-refractivity contribution in [3.05, 3.63) is 90.5 Å². The summed E-state index contributed by atoms with van der Waals surface area (Å²) in [6.07, 6.45) is 9.25. The summed E-state index contributed by atoms with van der Waals surface area (Å²) in [5, 5.41) is 0. The van der Waals surface area contributed by atoms with Crippen molar-refractivity contribution in [3.63, 3.8) is 0 Å². The molecule has 1 aliphatic carbocycles. The van der Waals surface area contributed by atoms with E-state index in [1.54, 1.807) is 0 Å². The third-order valence-electron chi connectivity index (χ3n) is 4.55. The third-order valence-corrected chi connectivity index (χ3v) is 4.55. The van der Waals surface area contributed by atoms with E-state index in [0.29, 0.717) is 0 Å². The molecular formula is C22H24F2. The second kappa shape index (κ2) is 9.17. The van der Waals surface area contributed by atoms with Gasteiger partial charge in [-0.1, -0.05) is 43.0 Å². The summed E-state index contributed by atoms with van der Waals surface area (Å²) >= 11 is 0. The second-order valence-corrected chi connectivity index (χ2v) is 6.15. The van der Waals surface area contributed by atoms with Crippen LogP contribution in [0, 0.1) is 17.6 Å². The van der Waals surface area contributed by atoms with Crippen molar-refractivity contribution in [1.82, 2.24) is 0 Å². The zero-order valence-electron chi connectivity index (χ0n) is 13.9. The predicted molar refractivity (Wildman–Crippen MR) is 97.8 cm³/mol. The molecule has 2 aromatic carbocycles. The van der Waals surface area contributed by atoms with Crippen molar-refractivity contribution < 1.29 is 8.78 Å². The molecule has 0 radical (unpaired) electrons. The monoisotopic (exact) mass is 326 g/mol. The van der Waals surface area contributed by atoms with Crippen LogP contribution < -0.4 is 0 Å². The minimum Gasteiger partial charge on any atom is -0.207 e. The normalized spacial score (nSPS) is 19.8. The highest BCUT2D eigenvalue weighted by atomic mass is 19.1. The van der Waals surface area contributed by atoms with Gasteiger partial charge < -0.3 is 0 Å². The Morgan fingerprint density at radius 3 is 1.67 bits per heavy atom. The molecular weight excluding hydrogens is 302 g/mol. The number of allylic oxidation sites excluding steroid dienone is 1. The van der Waals surface area contributed by atoms with Gasteiger partial charge in [-0.05, 0) is 72.9 Å². The number of benzene rings is 2. The largest absolute Gasteiger partial charge is 0.207 e. The number of hydrogen-bond donors (Lipinski definition) is 0. The molecule has 0 unspecified atom stereocenters. The number of halogens is 2. The van der Waals surface area contributed by atoms with Crippen molar-refractivity contribution >= 4 is 6.08 Å². The molecule has 0 saturated heterocycles. The molecule has 0 bridgehead atoms. The summed E-state index contributed by atoms with van der Waals surface area (Å²) in [6, 6.07) is 13.2. The van der Waals surface area contributed by atoms with Gasteiger partial charge in [0.1, 0.15) is 11.6 Å². The van der Waals surface area contributed by atoms with E-state index in [2.05, 4.69) is 43.5 Å². The van der Waals surface area contributed by atoms with Crippen LogP contribution in [0.25, 0.3) is 6.08 Å². The molecule has 0 amide bonds. The standard InChI is InChI=1S/C16H20.C6H4F2/c1-3-13-5-9-15(10-6-13)16-11-7-14(4-2)8-12-16;7-5-1-2-6(8)4-3-5/h3-6,9-10,14,16H,1-2,7-8,11-12H2;1-4H. The van der Waals surface area contributed by atoms with Crippen LogP contribution in [0.1, 0.15) is 42.7 Å². The van der Waals surface area contributed by atoms with Gasteiger partial charge in [0, 0.05) is 0 Å². The Kier molecular flexibility index (Phi) is 6.92. The summed E-state index contributed by atoms with van der Waals surface area (Å²) in [7, 11) is 0. The van der Waals surface area contributed by atoms with Gasteiger partial charge >= 0.3 is 0 Å². The van der Waals surface area contributed by atoms with Crippen LogP contribution in [0.3, 0.4) is 0 Å². The molecule has 2 aromatic rings. The Bertz CT molecular complexity index is 612. The smallest absolute Gasteiger partial charge is 0.123 e. The lowest BCUT2D eigenvalue weighted by Crippen LogP contribution is -2.11. The van der Waals surface area contributed by atoms with E-state index >= 15 is 0 Å². The first kappa shape index (κ1) is 18.1. The zero-order valence-corrected chi connectivity index (χ0v) is 13.9. The van der Waals surface area contributed by atoms with Crippen molar-refractivity contribution in [2.45, 2.75) is 31.6 Å². The maximum absolute atomic E-state index is 11.9. The van der Waals surface area contributed by atoms with Gasteiger partial charge in [0.25, 0.3) is 0 Å². The van der Waals surface area contributed by atoms with Crippen molar-refractivity contribution in [1.29, 1.82) is 0 Å². The Morgan fingerprint density at radius 1 is 0.750 bits per heavy atom. The highest BCUT2D eigenvalue weighted by Crippen LogP contribution is 2.36. The molecule has 2 heteroatoms. The fourth-order valence-electron chi connectivity index (χ4n) is 3.02. The van der Waals surface area contributed by atoms with Crippen LogP contribution in [0.2, 0.25) is 0 Å². The predicted octanol–water partition coefficient (Wildman–Crippen LogP) is 6.75. The van der Waals surface area contributed by atoms with Gasteiger partial charge in [0.05, 0.1) is 0 Å². The van der Waals surface area contributed by atoms with Crippen LogP contribution in [0.5, 0.6) is 0 Å². The maximum atomic E-state index is 11.9. The summed E-state index contributed by atoms with van der Waals surface area (Å²) in [5.74, 6) is 0.691. The average Bonchev–Trinajstić information content (AvgIpc) is 2.65. The van der Waals surface area contributed by atoms with Crippen LogP contribution in [0.15, 0.2) is 67.8 Å². The fourth-order valence-corrected chi connectivity index (χ4v) is 3.02. The number of hydrogen-bond acceptors (Lipinski definition) is 0. The van der Waals surface area contributed by atoms with E-state index in [4.69, 9.17) is 0 Å². The molecule has 24 heavy (non-hydrogen) atoms. The van der Waals surface area contributed by atoms with E-state index < -0.39 is 11.6 Å². The molecule has 0 aliphatic heterocycles. The lowest BCUT2D eigenvalue weighted by atomic mass is 9.79. The van der Waals surface area contributed by atoms with Crippen LogP contribution in [-0.4, -0.2) is 0 Å². The van der Waals surface area contributed by atoms with Gasteiger partial charge in [-0.15, -0.1) is 6.58 Å². The first-order chi connectivity index (χ1) is 11.6. The van der Waals surface area contributed by atoms with E-state index in [1.165, 1.54) is 36.8 Å². The SMILES string of the molecule is C=Cc1ccc(C2CCC(C=C)CC2)cc1.Fc1ccc(F)cc1. The first-order valence-corrected chi connectivity index (χ1v) is 8.38. The van der Waals surface area contributed by atoms with Crippen molar-refractivity contribution in [3.8, 4) is 0 Å². The minimum absolute atomic E-state index is 0.411. The zero-order chi connectivity index (χ0) is 17.4. The highest BCUT2D eigenvalue weighted by molar-refractivity contribution is 5.47. The molecule has 1 fully saturated rings. The molecule has 126 valence electrons. The summed E-state index contributed by atoms with van der Waals surface area (Å²) < 4.78 is 23.8. The van der Waals surface area contributed by atoms with Crippen molar-refractivity contribution in [2.24, 2.45) is 5.92 Å². The topological polar surface area (TPSA) is 0 Å². The quantitative estimate of drug-likeness (QED) is 0.547. The fraction of sp³-hybridized carbons (Fsp3) is 0.273. The van der Waals surface area contributed by atoms with Crippen molar-refractivity contribution in [2.75, 3.05) is 0 Å². The molecule has 0 heterocycles. The minimum atomic E-state index is -0.411. The molecule has 1 aliphatic rings. The van der Waals surface area contributed by atoms with E-state index in [0.717, 1.165) is 36.1 Å². The van der Waals surface area contributed by atoms with Gasteiger partial charge in [0.15, 0.2) is 0 Å². The van der Waals surface area contributed by atoms with E-state index in [-0.39, 0.29) is 0 Å². The molecule has 0 aromatic heterocycles. The molecule has 0 atom stereocenters. The Hall–Kier alpha value is -2.22.